The third-order valence-corrected chi connectivity index (χ3v) is 2.73. The molecule has 1 aromatic rings. The number of hydrogen-bond acceptors (Lipinski definition) is 2. The van der Waals surface area contributed by atoms with E-state index in [2.05, 4.69) is 17.2 Å². The molecule has 4 heteroatoms. The average Bonchev–Trinajstić information content (AvgIpc) is 2.71. The summed E-state index contributed by atoms with van der Waals surface area (Å²) in [6.45, 7) is 2.93. The van der Waals surface area contributed by atoms with Crippen molar-refractivity contribution in [2.75, 3.05) is 12.3 Å². The number of hydrogen-bond donors (Lipinski definition) is 3. The van der Waals surface area contributed by atoms with Crippen LogP contribution >= 0.6 is 0 Å². The summed E-state index contributed by atoms with van der Waals surface area (Å²) in [5, 5.41) is 2.89. The van der Waals surface area contributed by atoms with E-state index in [0.29, 0.717) is 16.8 Å². The Morgan fingerprint density at radius 1 is 1.71 bits per heavy atom. The lowest BCUT2D eigenvalue weighted by atomic mass is 10.1. The van der Waals surface area contributed by atoms with Gasteiger partial charge in [-0.25, -0.2) is 0 Å². The van der Waals surface area contributed by atoms with Crippen LogP contribution in [0.5, 0.6) is 0 Å². The number of H-pyrrole nitrogens is 1. The molecule has 14 heavy (non-hydrogen) atoms. The molecule has 0 saturated heterocycles. The normalized spacial score (nSPS) is 17.8. The van der Waals surface area contributed by atoms with Gasteiger partial charge in [0.2, 0.25) is 0 Å². The third-order valence-electron chi connectivity index (χ3n) is 2.73. The Kier molecular flexibility index (Phi) is 1.98. The topological polar surface area (TPSA) is 70.9 Å². The predicted molar refractivity (Wildman–Crippen MR) is 54.9 cm³/mol. The summed E-state index contributed by atoms with van der Waals surface area (Å²) in [7, 11) is 0. The highest BCUT2D eigenvalue weighted by Gasteiger charge is 2.37. The largest absolute Gasteiger partial charge is 0.397 e. The molecule has 4 N–H and O–H groups in total. The lowest BCUT2D eigenvalue weighted by Crippen LogP contribution is -2.29. The van der Waals surface area contributed by atoms with E-state index in [4.69, 9.17) is 5.73 Å². The maximum atomic E-state index is 11.5. The number of anilines is 1. The van der Waals surface area contributed by atoms with Gasteiger partial charge in [-0.05, 0) is 24.3 Å². The van der Waals surface area contributed by atoms with Crippen molar-refractivity contribution < 1.29 is 4.79 Å². The standard InChI is InChI=1S/C10H15N3O/c1-10(2-3-10)6-13-9(14)8-4-7(11)5-12-8/h4-5,12H,2-3,6,11H2,1H3,(H,13,14). The minimum absolute atomic E-state index is 0.0742. The molecule has 0 unspecified atom stereocenters. The Morgan fingerprint density at radius 3 is 2.93 bits per heavy atom. The van der Waals surface area contributed by atoms with Crippen LogP contribution in [0.25, 0.3) is 0 Å². The number of nitrogens with one attached hydrogen (secondary N) is 2. The van der Waals surface area contributed by atoms with E-state index in [1.54, 1.807) is 12.3 Å². The van der Waals surface area contributed by atoms with Crippen molar-refractivity contribution >= 4 is 11.6 Å². The predicted octanol–water partition coefficient (Wildman–Crippen LogP) is 1.13. The van der Waals surface area contributed by atoms with Gasteiger partial charge >= 0.3 is 0 Å². The average molecular weight is 193 g/mol. The minimum atomic E-state index is -0.0742. The zero-order valence-electron chi connectivity index (χ0n) is 8.26. The van der Waals surface area contributed by atoms with E-state index in [-0.39, 0.29) is 5.91 Å². The van der Waals surface area contributed by atoms with Crippen molar-refractivity contribution in [3.63, 3.8) is 0 Å². The second-order valence-corrected chi connectivity index (χ2v) is 4.34. The number of aromatic nitrogens is 1. The summed E-state index contributed by atoms with van der Waals surface area (Å²) < 4.78 is 0. The first-order valence-electron chi connectivity index (χ1n) is 4.81. The number of carbonyl (C=O) groups is 1. The van der Waals surface area contributed by atoms with Gasteiger partial charge in [-0.2, -0.15) is 0 Å². The molecule has 76 valence electrons. The Bertz CT molecular complexity index is 352. The summed E-state index contributed by atoms with van der Waals surface area (Å²) in [6, 6.07) is 1.64. The molecule has 0 radical (unpaired) electrons. The number of amides is 1. The van der Waals surface area contributed by atoms with E-state index in [1.165, 1.54) is 12.8 Å². The lowest BCUT2D eigenvalue weighted by Gasteiger charge is -2.08. The van der Waals surface area contributed by atoms with Gasteiger partial charge < -0.3 is 16.0 Å². The third kappa shape index (κ3) is 1.89. The summed E-state index contributed by atoms with van der Waals surface area (Å²) in [6.07, 6.45) is 4.04. The van der Waals surface area contributed by atoms with E-state index in [1.807, 2.05) is 0 Å². The molecular weight excluding hydrogens is 178 g/mol. The first kappa shape index (κ1) is 9.12. The van der Waals surface area contributed by atoms with Crippen molar-refractivity contribution in [1.29, 1.82) is 0 Å². The van der Waals surface area contributed by atoms with Gasteiger partial charge in [0.1, 0.15) is 5.69 Å². The molecule has 1 aliphatic rings. The van der Waals surface area contributed by atoms with Gasteiger partial charge in [-0.15, -0.1) is 0 Å². The molecule has 1 amide bonds. The fourth-order valence-corrected chi connectivity index (χ4v) is 1.32. The zero-order valence-corrected chi connectivity index (χ0v) is 8.26. The number of aromatic amines is 1. The molecule has 4 nitrogen and oxygen atoms in total. The monoisotopic (exact) mass is 193 g/mol. The van der Waals surface area contributed by atoms with Gasteiger partial charge in [0.15, 0.2) is 0 Å². The molecule has 1 heterocycles. The van der Waals surface area contributed by atoms with Crippen LogP contribution < -0.4 is 11.1 Å². The summed E-state index contributed by atoms with van der Waals surface area (Å²) in [5.74, 6) is -0.0742. The molecule has 0 atom stereocenters. The molecule has 1 saturated carbocycles. The second-order valence-electron chi connectivity index (χ2n) is 4.34. The molecule has 1 fully saturated rings. The zero-order chi connectivity index (χ0) is 10.2. The van der Waals surface area contributed by atoms with Crippen LogP contribution in [0.1, 0.15) is 30.3 Å². The number of rotatable bonds is 3. The fourth-order valence-electron chi connectivity index (χ4n) is 1.32. The van der Waals surface area contributed by atoms with Crippen molar-refractivity contribution in [2.45, 2.75) is 19.8 Å². The van der Waals surface area contributed by atoms with Crippen LogP contribution in [0.2, 0.25) is 0 Å². The maximum Gasteiger partial charge on any atom is 0.267 e. The molecule has 1 aromatic heterocycles. The van der Waals surface area contributed by atoms with Gasteiger partial charge in [0.25, 0.3) is 5.91 Å². The minimum Gasteiger partial charge on any atom is -0.397 e. The molecular formula is C10H15N3O. The van der Waals surface area contributed by atoms with Crippen molar-refractivity contribution in [1.82, 2.24) is 10.3 Å². The van der Waals surface area contributed by atoms with Crippen molar-refractivity contribution in [3.05, 3.63) is 18.0 Å². The quantitative estimate of drug-likeness (QED) is 0.673. The number of carbonyl (C=O) groups excluding carboxylic acids is 1. The summed E-state index contributed by atoms with van der Waals surface area (Å²) >= 11 is 0. The van der Waals surface area contributed by atoms with Gasteiger partial charge in [-0.1, -0.05) is 6.92 Å². The smallest absolute Gasteiger partial charge is 0.267 e. The SMILES string of the molecule is CC1(CNC(=O)c2cc(N)c[nH]2)CC1. The number of nitrogens with two attached hydrogens (primary N) is 1. The van der Waals surface area contributed by atoms with Crippen LogP contribution in [0.3, 0.4) is 0 Å². The molecule has 0 aromatic carbocycles. The van der Waals surface area contributed by atoms with Gasteiger partial charge in [0.05, 0.1) is 0 Å². The van der Waals surface area contributed by atoms with E-state index < -0.39 is 0 Å². The number of nitrogen functional groups attached to an aromatic ring is 1. The fraction of sp³-hybridized carbons (Fsp3) is 0.500. The summed E-state index contributed by atoms with van der Waals surface area (Å²) in [4.78, 5) is 14.4. The Hall–Kier alpha value is -1.45. The highest BCUT2D eigenvalue weighted by atomic mass is 16.1. The second kappa shape index (κ2) is 3.04. The first-order chi connectivity index (χ1) is 6.59. The van der Waals surface area contributed by atoms with Crippen LogP contribution in [0, 0.1) is 5.41 Å². The molecule has 1 aliphatic carbocycles. The van der Waals surface area contributed by atoms with Crippen molar-refractivity contribution in [3.8, 4) is 0 Å². The lowest BCUT2D eigenvalue weighted by molar-refractivity contribution is 0.0942. The van der Waals surface area contributed by atoms with Gasteiger partial charge in [-0.3, -0.25) is 4.79 Å². The summed E-state index contributed by atoms with van der Waals surface area (Å²) in [5.41, 5.74) is 6.97. The molecule has 0 spiro atoms. The molecule has 0 bridgehead atoms. The van der Waals surface area contributed by atoms with E-state index in [0.717, 1.165) is 6.54 Å². The Balaban J connectivity index is 1.89. The maximum absolute atomic E-state index is 11.5. The van der Waals surface area contributed by atoms with E-state index in [9.17, 15) is 4.79 Å². The Labute approximate surface area is 82.9 Å². The molecule has 2 rings (SSSR count). The Morgan fingerprint density at radius 2 is 2.43 bits per heavy atom. The first-order valence-corrected chi connectivity index (χ1v) is 4.81. The van der Waals surface area contributed by atoms with Crippen LogP contribution in [0.15, 0.2) is 12.3 Å². The van der Waals surface area contributed by atoms with Gasteiger partial charge in [0, 0.05) is 18.4 Å². The van der Waals surface area contributed by atoms with Crippen LogP contribution in [-0.2, 0) is 0 Å². The van der Waals surface area contributed by atoms with Crippen LogP contribution in [-0.4, -0.2) is 17.4 Å². The van der Waals surface area contributed by atoms with Crippen LogP contribution in [0.4, 0.5) is 5.69 Å². The molecule has 0 aliphatic heterocycles. The highest BCUT2D eigenvalue weighted by Crippen LogP contribution is 2.44. The highest BCUT2D eigenvalue weighted by molar-refractivity contribution is 5.93. The van der Waals surface area contributed by atoms with Crippen molar-refractivity contribution in [2.24, 2.45) is 5.41 Å². The van der Waals surface area contributed by atoms with E-state index >= 15 is 0 Å².